The minimum absolute atomic E-state index is 0.214. The van der Waals surface area contributed by atoms with Gasteiger partial charge in [-0.05, 0) is 44.0 Å². The molecule has 0 heterocycles. The minimum atomic E-state index is -1.35. The minimum Gasteiger partial charge on any atom is -0.355 e. The van der Waals surface area contributed by atoms with Crippen molar-refractivity contribution in [2.45, 2.75) is 20.3 Å². The Morgan fingerprint density at radius 1 is 1.08 bits per heavy atom. The first-order chi connectivity index (χ1) is 12.4. The number of carbonyl (C=O) groups is 2. The molecule has 2 aromatic rings. The standard InChI is InChI=1S/C20H20FN3O2/c1-20(2,19(26)24-17-10-6-4-8-15(17)13-22)18(25)23-12-11-14-7-3-5-9-16(14)21/h3-10H,11-12H2,1-2H3,(H,23,25)(H,24,26). The van der Waals surface area contributed by atoms with Crippen LogP contribution in [0, 0.1) is 22.6 Å². The first kappa shape index (κ1) is 19.1. The summed E-state index contributed by atoms with van der Waals surface area (Å²) in [5.74, 6) is -1.32. The molecule has 2 rings (SSSR count). The van der Waals surface area contributed by atoms with E-state index in [0.717, 1.165) is 0 Å². The topological polar surface area (TPSA) is 82.0 Å². The number of rotatable bonds is 6. The molecule has 0 aromatic heterocycles. The van der Waals surface area contributed by atoms with Gasteiger partial charge in [-0.2, -0.15) is 5.26 Å². The van der Waals surface area contributed by atoms with Crippen molar-refractivity contribution < 1.29 is 14.0 Å². The number of halogens is 1. The zero-order chi connectivity index (χ0) is 19.2. The van der Waals surface area contributed by atoms with Gasteiger partial charge in [0.1, 0.15) is 17.3 Å². The van der Waals surface area contributed by atoms with Gasteiger partial charge < -0.3 is 10.6 Å². The lowest BCUT2D eigenvalue weighted by Gasteiger charge is -2.23. The van der Waals surface area contributed by atoms with Gasteiger partial charge in [0.25, 0.3) is 0 Å². The third kappa shape index (κ3) is 4.45. The summed E-state index contributed by atoms with van der Waals surface area (Å²) in [6.07, 6.45) is 0.327. The molecule has 26 heavy (non-hydrogen) atoms. The summed E-state index contributed by atoms with van der Waals surface area (Å²) in [7, 11) is 0. The Morgan fingerprint density at radius 3 is 2.42 bits per heavy atom. The number of amides is 2. The number of hydrogen-bond donors (Lipinski definition) is 2. The highest BCUT2D eigenvalue weighted by Crippen LogP contribution is 2.21. The Kier molecular flexibility index (Phi) is 6.07. The molecule has 5 nitrogen and oxygen atoms in total. The van der Waals surface area contributed by atoms with E-state index >= 15 is 0 Å². The van der Waals surface area contributed by atoms with E-state index in [2.05, 4.69) is 10.6 Å². The Labute approximate surface area is 151 Å². The largest absolute Gasteiger partial charge is 0.355 e. The van der Waals surface area contributed by atoms with Crippen molar-refractivity contribution in [3.05, 3.63) is 65.5 Å². The third-order valence-electron chi connectivity index (χ3n) is 4.07. The van der Waals surface area contributed by atoms with Crippen LogP contribution in [-0.2, 0) is 16.0 Å². The summed E-state index contributed by atoms with van der Waals surface area (Å²) in [6.45, 7) is 3.21. The zero-order valence-electron chi connectivity index (χ0n) is 14.7. The number of para-hydroxylation sites is 1. The smallest absolute Gasteiger partial charge is 0.239 e. The lowest BCUT2D eigenvalue weighted by Crippen LogP contribution is -2.45. The molecule has 0 aliphatic carbocycles. The number of anilines is 1. The van der Waals surface area contributed by atoms with E-state index in [1.165, 1.54) is 19.9 Å². The van der Waals surface area contributed by atoms with Gasteiger partial charge in [0.15, 0.2) is 0 Å². The fourth-order valence-corrected chi connectivity index (χ4v) is 2.30. The van der Waals surface area contributed by atoms with E-state index in [9.17, 15) is 14.0 Å². The van der Waals surface area contributed by atoms with Gasteiger partial charge >= 0.3 is 0 Å². The van der Waals surface area contributed by atoms with Gasteiger partial charge in [0.05, 0.1) is 11.3 Å². The van der Waals surface area contributed by atoms with Gasteiger partial charge in [-0.3, -0.25) is 9.59 Å². The molecule has 2 N–H and O–H groups in total. The predicted octanol–water partition coefficient (Wildman–Crippen LogP) is 3.02. The van der Waals surface area contributed by atoms with Crippen LogP contribution in [0.2, 0.25) is 0 Å². The van der Waals surface area contributed by atoms with Crippen LogP contribution in [0.5, 0.6) is 0 Å². The molecule has 0 unspecified atom stereocenters. The van der Waals surface area contributed by atoms with Crippen LogP contribution in [0.25, 0.3) is 0 Å². The maximum atomic E-state index is 13.6. The molecule has 2 aromatic carbocycles. The van der Waals surface area contributed by atoms with Crippen molar-refractivity contribution in [3.63, 3.8) is 0 Å². The quantitative estimate of drug-likeness (QED) is 0.783. The predicted molar refractivity (Wildman–Crippen MR) is 96.7 cm³/mol. The monoisotopic (exact) mass is 353 g/mol. The summed E-state index contributed by atoms with van der Waals surface area (Å²) in [5, 5.41) is 14.4. The van der Waals surface area contributed by atoms with Crippen molar-refractivity contribution in [2.75, 3.05) is 11.9 Å². The molecule has 0 aliphatic rings. The molecule has 0 atom stereocenters. The molecule has 0 fully saturated rings. The molecule has 0 radical (unpaired) electrons. The van der Waals surface area contributed by atoms with Crippen molar-refractivity contribution in [3.8, 4) is 6.07 Å². The SMILES string of the molecule is CC(C)(C(=O)NCCc1ccccc1F)C(=O)Nc1ccccc1C#N. The number of hydrogen-bond acceptors (Lipinski definition) is 3. The molecular formula is C20H20FN3O2. The van der Waals surface area contributed by atoms with Crippen LogP contribution in [0.1, 0.15) is 25.0 Å². The van der Waals surface area contributed by atoms with Crippen molar-refractivity contribution in [1.29, 1.82) is 5.26 Å². The number of carbonyl (C=O) groups excluding carboxylic acids is 2. The van der Waals surface area contributed by atoms with Crippen molar-refractivity contribution in [1.82, 2.24) is 5.32 Å². The number of nitrogens with zero attached hydrogens (tertiary/aromatic N) is 1. The number of nitrogens with one attached hydrogen (secondary N) is 2. The molecule has 0 spiro atoms. The second-order valence-corrected chi connectivity index (χ2v) is 6.33. The van der Waals surface area contributed by atoms with E-state index in [4.69, 9.17) is 5.26 Å². The molecule has 2 amide bonds. The fourth-order valence-electron chi connectivity index (χ4n) is 2.30. The van der Waals surface area contributed by atoms with E-state index in [1.807, 2.05) is 6.07 Å². The first-order valence-electron chi connectivity index (χ1n) is 8.18. The average molecular weight is 353 g/mol. The molecule has 134 valence electrons. The zero-order valence-corrected chi connectivity index (χ0v) is 14.7. The Morgan fingerprint density at radius 2 is 1.73 bits per heavy atom. The van der Waals surface area contributed by atoms with Crippen LogP contribution < -0.4 is 10.6 Å². The number of nitriles is 1. The third-order valence-corrected chi connectivity index (χ3v) is 4.07. The lowest BCUT2D eigenvalue weighted by molar-refractivity contribution is -0.138. The average Bonchev–Trinajstić information content (AvgIpc) is 2.63. The highest BCUT2D eigenvalue weighted by molar-refractivity contribution is 6.10. The van der Waals surface area contributed by atoms with Gasteiger partial charge in [-0.15, -0.1) is 0 Å². The summed E-state index contributed by atoms with van der Waals surface area (Å²) < 4.78 is 13.6. The van der Waals surface area contributed by atoms with Gasteiger partial charge in [0, 0.05) is 6.54 Å². The maximum absolute atomic E-state index is 13.6. The van der Waals surface area contributed by atoms with Crippen LogP contribution >= 0.6 is 0 Å². The summed E-state index contributed by atoms with van der Waals surface area (Å²) in [5.41, 5.74) is -0.181. The lowest BCUT2D eigenvalue weighted by atomic mass is 9.90. The molecule has 0 saturated heterocycles. The van der Waals surface area contributed by atoms with E-state index in [1.54, 1.807) is 42.5 Å². The highest BCUT2D eigenvalue weighted by atomic mass is 19.1. The van der Waals surface area contributed by atoms with Crippen LogP contribution in [0.15, 0.2) is 48.5 Å². The molecular weight excluding hydrogens is 333 g/mol. The van der Waals surface area contributed by atoms with E-state index < -0.39 is 17.2 Å². The molecule has 6 heteroatoms. The summed E-state index contributed by atoms with van der Waals surface area (Å²) >= 11 is 0. The van der Waals surface area contributed by atoms with Gasteiger partial charge in [0.2, 0.25) is 11.8 Å². The van der Waals surface area contributed by atoms with Crippen LogP contribution in [0.4, 0.5) is 10.1 Å². The summed E-state index contributed by atoms with van der Waals surface area (Å²) in [6, 6.07) is 14.9. The normalized spacial score (nSPS) is 10.7. The fraction of sp³-hybridized carbons (Fsp3) is 0.250. The molecule has 0 aliphatic heterocycles. The van der Waals surface area contributed by atoms with Crippen LogP contribution in [0.3, 0.4) is 0 Å². The van der Waals surface area contributed by atoms with E-state index in [0.29, 0.717) is 23.2 Å². The number of benzene rings is 2. The second kappa shape index (κ2) is 8.26. The van der Waals surface area contributed by atoms with Gasteiger partial charge in [-0.25, -0.2) is 4.39 Å². The summed E-state index contributed by atoms with van der Waals surface area (Å²) in [4.78, 5) is 24.9. The second-order valence-electron chi connectivity index (χ2n) is 6.33. The van der Waals surface area contributed by atoms with E-state index in [-0.39, 0.29) is 12.4 Å². The van der Waals surface area contributed by atoms with Gasteiger partial charge in [-0.1, -0.05) is 30.3 Å². The molecule has 0 saturated carbocycles. The molecule has 0 bridgehead atoms. The first-order valence-corrected chi connectivity index (χ1v) is 8.18. The highest BCUT2D eigenvalue weighted by Gasteiger charge is 2.36. The Bertz CT molecular complexity index is 856. The maximum Gasteiger partial charge on any atom is 0.239 e. The van der Waals surface area contributed by atoms with Crippen molar-refractivity contribution in [2.24, 2.45) is 5.41 Å². The Hall–Kier alpha value is -3.20. The van der Waals surface area contributed by atoms with Crippen molar-refractivity contribution >= 4 is 17.5 Å². The Balaban J connectivity index is 1.97. The van der Waals surface area contributed by atoms with Crippen LogP contribution in [-0.4, -0.2) is 18.4 Å².